The highest BCUT2D eigenvalue weighted by atomic mass is 16.3. The third kappa shape index (κ3) is 5.07. The van der Waals surface area contributed by atoms with E-state index in [2.05, 4.69) is 39.9 Å². The van der Waals surface area contributed by atoms with E-state index in [-0.39, 0.29) is 6.10 Å². The van der Waals surface area contributed by atoms with Gasteiger partial charge in [-0.25, -0.2) is 0 Å². The molecular weight excluding hydrogens is 234 g/mol. The van der Waals surface area contributed by atoms with Crippen molar-refractivity contribution in [1.29, 1.82) is 0 Å². The first-order valence-corrected chi connectivity index (χ1v) is 8.36. The molecule has 2 N–H and O–H groups in total. The molecule has 3 unspecified atom stereocenters. The molecule has 2 nitrogen and oxygen atoms in total. The van der Waals surface area contributed by atoms with E-state index in [0.717, 1.165) is 19.5 Å². The lowest BCUT2D eigenvalue weighted by molar-refractivity contribution is 0.0167. The maximum atomic E-state index is 10.7. The van der Waals surface area contributed by atoms with E-state index in [9.17, 15) is 5.11 Å². The highest BCUT2D eigenvalue weighted by molar-refractivity contribution is 4.86. The lowest BCUT2D eigenvalue weighted by Gasteiger charge is -2.39. The highest BCUT2D eigenvalue weighted by Gasteiger charge is 2.33. The Bertz CT molecular complexity index is 239. The van der Waals surface area contributed by atoms with E-state index in [4.69, 9.17) is 0 Å². The van der Waals surface area contributed by atoms with Gasteiger partial charge in [0.25, 0.3) is 0 Å². The van der Waals surface area contributed by atoms with Crippen molar-refractivity contribution in [3.63, 3.8) is 0 Å². The van der Waals surface area contributed by atoms with Gasteiger partial charge in [-0.05, 0) is 43.1 Å². The molecule has 0 bridgehead atoms. The minimum atomic E-state index is -0.126. The molecule has 0 radical (unpaired) electrons. The van der Waals surface area contributed by atoms with Crippen LogP contribution in [0.2, 0.25) is 0 Å². The molecule has 0 amide bonds. The molecule has 0 aromatic heterocycles. The van der Waals surface area contributed by atoms with Crippen molar-refractivity contribution in [3.05, 3.63) is 0 Å². The van der Waals surface area contributed by atoms with Crippen LogP contribution in [0.5, 0.6) is 0 Å². The van der Waals surface area contributed by atoms with Gasteiger partial charge in [0.15, 0.2) is 0 Å². The molecule has 1 aliphatic heterocycles. The zero-order valence-corrected chi connectivity index (χ0v) is 13.7. The third-order valence-corrected chi connectivity index (χ3v) is 5.08. The number of hydrogen-bond donors (Lipinski definition) is 2. The first-order valence-electron chi connectivity index (χ1n) is 8.36. The Kier molecular flexibility index (Phi) is 7.38. The molecule has 1 saturated heterocycles. The van der Waals surface area contributed by atoms with Gasteiger partial charge in [0.05, 0.1) is 6.10 Å². The fraction of sp³-hybridized carbons (Fsp3) is 1.00. The summed E-state index contributed by atoms with van der Waals surface area (Å²) in [6.45, 7) is 13.6. The molecule has 0 aliphatic carbocycles. The van der Waals surface area contributed by atoms with Gasteiger partial charge in [-0.1, -0.05) is 47.5 Å². The normalized spacial score (nSPS) is 27.8. The van der Waals surface area contributed by atoms with Crippen LogP contribution in [0.4, 0.5) is 0 Å². The summed E-state index contributed by atoms with van der Waals surface area (Å²) < 4.78 is 0. The second-order valence-electron chi connectivity index (χ2n) is 7.16. The number of rotatable bonds is 7. The molecule has 1 fully saturated rings. The summed E-state index contributed by atoms with van der Waals surface area (Å²) in [6, 6.07) is 0. The minimum Gasteiger partial charge on any atom is -0.393 e. The predicted octanol–water partition coefficient (Wildman–Crippen LogP) is 3.69. The summed E-state index contributed by atoms with van der Waals surface area (Å²) in [5.74, 6) is 3.18. The summed E-state index contributed by atoms with van der Waals surface area (Å²) in [4.78, 5) is 0. The predicted molar refractivity (Wildman–Crippen MR) is 83.2 cm³/mol. The summed E-state index contributed by atoms with van der Waals surface area (Å²) >= 11 is 0. The van der Waals surface area contributed by atoms with Gasteiger partial charge in [-0.2, -0.15) is 0 Å². The maximum absolute atomic E-state index is 10.7. The van der Waals surface area contributed by atoms with Crippen molar-refractivity contribution >= 4 is 0 Å². The molecule has 19 heavy (non-hydrogen) atoms. The fourth-order valence-electron chi connectivity index (χ4n) is 3.73. The van der Waals surface area contributed by atoms with E-state index in [0.29, 0.717) is 29.6 Å². The van der Waals surface area contributed by atoms with Crippen LogP contribution in [0.1, 0.15) is 60.3 Å². The van der Waals surface area contributed by atoms with Crippen molar-refractivity contribution in [3.8, 4) is 0 Å². The average Bonchev–Trinajstić information content (AvgIpc) is 2.37. The van der Waals surface area contributed by atoms with Gasteiger partial charge in [-0.15, -0.1) is 0 Å². The van der Waals surface area contributed by atoms with Gasteiger partial charge in [0.1, 0.15) is 0 Å². The first-order chi connectivity index (χ1) is 8.97. The minimum absolute atomic E-state index is 0.126. The average molecular weight is 269 g/mol. The van der Waals surface area contributed by atoms with Gasteiger partial charge in [0.2, 0.25) is 0 Å². The molecule has 1 aliphatic rings. The Morgan fingerprint density at radius 2 is 1.84 bits per heavy atom. The van der Waals surface area contributed by atoms with E-state index in [1.165, 1.54) is 19.3 Å². The molecule has 114 valence electrons. The SMILES string of the molecule is CCC[C@@H](CC(O)C1CNCCC1C(C)C)C(C)C. The summed E-state index contributed by atoms with van der Waals surface area (Å²) in [6.07, 6.45) is 4.56. The Morgan fingerprint density at radius 3 is 2.37 bits per heavy atom. The molecule has 1 heterocycles. The van der Waals surface area contributed by atoms with Crippen molar-refractivity contribution < 1.29 is 5.11 Å². The number of aliphatic hydroxyl groups excluding tert-OH is 1. The number of nitrogens with one attached hydrogen (secondary N) is 1. The van der Waals surface area contributed by atoms with Gasteiger partial charge < -0.3 is 10.4 Å². The van der Waals surface area contributed by atoms with Crippen LogP contribution in [-0.4, -0.2) is 24.3 Å². The maximum Gasteiger partial charge on any atom is 0.0586 e. The lowest BCUT2D eigenvalue weighted by atomic mass is 9.73. The fourth-order valence-corrected chi connectivity index (χ4v) is 3.73. The van der Waals surface area contributed by atoms with E-state index in [1.807, 2.05) is 0 Å². The monoisotopic (exact) mass is 269 g/mol. The van der Waals surface area contributed by atoms with Crippen LogP contribution in [0.15, 0.2) is 0 Å². The Morgan fingerprint density at radius 1 is 1.16 bits per heavy atom. The molecule has 0 saturated carbocycles. The first kappa shape index (κ1) is 17.0. The number of aliphatic hydroxyl groups is 1. The topological polar surface area (TPSA) is 32.3 Å². The summed E-state index contributed by atoms with van der Waals surface area (Å²) in [7, 11) is 0. The van der Waals surface area contributed by atoms with Crippen LogP contribution < -0.4 is 5.32 Å². The number of hydrogen-bond acceptors (Lipinski definition) is 2. The van der Waals surface area contributed by atoms with Gasteiger partial charge in [-0.3, -0.25) is 0 Å². The molecule has 1 rings (SSSR count). The summed E-state index contributed by atoms with van der Waals surface area (Å²) in [5.41, 5.74) is 0. The van der Waals surface area contributed by atoms with Crippen LogP contribution in [0.3, 0.4) is 0 Å². The van der Waals surface area contributed by atoms with Gasteiger partial charge >= 0.3 is 0 Å². The lowest BCUT2D eigenvalue weighted by Crippen LogP contribution is -2.45. The van der Waals surface area contributed by atoms with E-state index in [1.54, 1.807) is 0 Å². The van der Waals surface area contributed by atoms with Crippen molar-refractivity contribution in [1.82, 2.24) is 5.32 Å². The molecule has 4 atom stereocenters. The third-order valence-electron chi connectivity index (χ3n) is 5.08. The zero-order chi connectivity index (χ0) is 14.4. The summed E-state index contributed by atoms with van der Waals surface area (Å²) in [5, 5.41) is 14.2. The van der Waals surface area contributed by atoms with Crippen LogP contribution in [0, 0.1) is 29.6 Å². The zero-order valence-electron chi connectivity index (χ0n) is 13.7. The standard InChI is InChI=1S/C17H35NO/c1-6-7-14(12(2)3)10-17(19)16-11-18-9-8-15(16)13(4)5/h12-19H,6-11H2,1-5H3/t14-,15?,16?,17?/m0/s1. The largest absolute Gasteiger partial charge is 0.393 e. The second-order valence-corrected chi connectivity index (χ2v) is 7.16. The van der Waals surface area contributed by atoms with Crippen LogP contribution in [-0.2, 0) is 0 Å². The van der Waals surface area contributed by atoms with Crippen LogP contribution in [0.25, 0.3) is 0 Å². The Hall–Kier alpha value is -0.0800. The Labute approximate surface area is 120 Å². The smallest absolute Gasteiger partial charge is 0.0586 e. The molecule has 0 aromatic rings. The quantitative estimate of drug-likeness (QED) is 0.739. The van der Waals surface area contributed by atoms with E-state index >= 15 is 0 Å². The molecule has 0 spiro atoms. The highest BCUT2D eigenvalue weighted by Crippen LogP contribution is 2.33. The van der Waals surface area contributed by atoms with E-state index < -0.39 is 0 Å². The van der Waals surface area contributed by atoms with Gasteiger partial charge in [0, 0.05) is 12.5 Å². The molecule has 2 heteroatoms. The number of piperidine rings is 1. The molecule has 0 aromatic carbocycles. The van der Waals surface area contributed by atoms with Crippen molar-refractivity contribution in [2.45, 2.75) is 66.4 Å². The van der Waals surface area contributed by atoms with Crippen LogP contribution >= 0.6 is 0 Å². The molecular formula is C17H35NO. The van der Waals surface area contributed by atoms with Crippen molar-refractivity contribution in [2.75, 3.05) is 13.1 Å². The second kappa shape index (κ2) is 8.26. The Balaban J connectivity index is 2.60. The van der Waals surface area contributed by atoms with Crippen molar-refractivity contribution in [2.24, 2.45) is 29.6 Å².